The number of aliphatic hydroxyl groups is 1. The molecule has 15 heavy (non-hydrogen) atoms. The molecule has 0 saturated heterocycles. The Balaban J connectivity index is 2.82. The van der Waals surface area contributed by atoms with E-state index in [0.717, 1.165) is 0 Å². The van der Waals surface area contributed by atoms with E-state index in [4.69, 9.17) is 14.9 Å². The van der Waals surface area contributed by atoms with E-state index in [1.807, 2.05) is 0 Å². The topological polar surface area (TPSA) is 78.8 Å². The minimum Gasteiger partial charge on any atom is -0.495 e. The van der Waals surface area contributed by atoms with E-state index in [9.17, 15) is 4.79 Å². The summed E-state index contributed by atoms with van der Waals surface area (Å²) in [6.45, 7) is -0.479. The van der Waals surface area contributed by atoms with Gasteiger partial charge in [0.05, 0.1) is 19.4 Å². The first-order valence-electron chi connectivity index (χ1n) is 4.42. The fraction of sp³-hybridized carbons (Fsp3) is 0.300. The quantitative estimate of drug-likeness (QED) is 0.663. The molecule has 0 aliphatic heterocycles. The summed E-state index contributed by atoms with van der Waals surface area (Å²) in [5.74, 6) is -0.569. The molecule has 0 radical (unpaired) electrons. The van der Waals surface area contributed by atoms with Gasteiger partial charge in [-0.2, -0.15) is 0 Å². The zero-order chi connectivity index (χ0) is 11.3. The van der Waals surface area contributed by atoms with Crippen molar-refractivity contribution in [3.63, 3.8) is 0 Å². The molecule has 0 saturated carbocycles. The summed E-state index contributed by atoms with van der Waals surface area (Å²) in [6.07, 6.45) is 0. The van der Waals surface area contributed by atoms with Crippen molar-refractivity contribution in [3.8, 4) is 5.75 Å². The summed E-state index contributed by atoms with van der Waals surface area (Å²) in [4.78, 5) is 10.7. The van der Waals surface area contributed by atoms with Gasteiger partial charge >= 0.3 is 5.97 Å². The second-order valence-electron chi connectivity index (χ2n) is 2.92. The predicted octanol–water partition coefficient (Wildman–Crippen LogP) is 0.553. The molecular weight excluding hydrogens is 198 g/mol. The molecule has 5 nitrogen and oxygen atoms in total. The molecule has 0 heterocycles. The van der Waals surface area contributed by atoms with Crippen LogP contribution in [0.25, 0.3) is 0 Å². The van der Waals surface area contributed by atoms with Crippen LogP contribution in [0.4, 0.5) is 5.69 Å². The van der Waals surface area contributed by atoms with E-state index in [-0.39, 0.29) is 0 Å². The Hall–Kier alpha value is -1.75. The van der Waals surface area contributed by atoms with Gasteiger partial charge in [-0.1, -0.05) is 12.1 Å². The van der Waals surface area contributed by atoms with Gasteiger partial charge in [-0.05, 0) is 12.1 Å². The number of carbonyl (C=O) groups is 1. The molecular formula is C10H13NO4. The van der Waals surface area contributed by atoms with Crippen LogP contribution in [-0.4, -0.2) is 35.9 Å². The summed E-state index contributed by atoms with van der Waals surface area (Å²) in [6, 6.07) is 5.89. The third-order valence-electron chi connectivity index (χ3n) is 1.92. The second kappa shape index (κ2) is 5.21. The molecule has 0 fully saturated rings. The molecule has 1 aromatic carbocycles. The molecule has 3 N–H and O–H groups in total. The maximum Gasteiger partial charge on any atom is 0.328 e. The van der Waals surface area contributed by atoms with Gasteiger partial charge in [0.1, 0.15) is 11.8 Å². The molecule has 82 valence electrons. The van der Waals surface area contributed by atoms with Crippen LogP contribution in [0.3, 0.4) is 0 Å². The van der Waals surface area contributed by atoms with Crippen molar-refractivity contribution >= 4 is 11.7 Å². The number of methoxy groups -OCH3 is 1. The summed E-state index contributed by atoms with van der Waals surface area (Å²) >= 11 is 0. The number of carboxylic acid groups (broad SMARTS) is 1. The number of hydrogen-bond acceptors (Lipinski definition) is 4. The maximum absolute atomic E-state index is 10.7. The number of para-hydroxylation sites is 2. The highest BCUT2D eigenvalue weighted by Gasteiger charge is 2.16. The highest BCUT2D eigenvalue weighted by Crippen LogP contribution is 2.23. The molecule has 0 aromatic heterocycles. The SMILES string of the molecule is COc1ccccc1N[C@@H](CO)C(=O)O. The van der Waals surface area contributed by atoms with Crippen LogP contribution >= 0.6 is 0 Å². The van der Waals surface area contributed by atoms with Gasteiger partial charge in [0.25, 0.3) is 0 Å². The number of aliphatic hydroxyl groups excluding tert-OH is 1. The monoisotopic (exact) mass is 211 g/mol. The Morgan fingerprint density at radius 3 is 2.73 bits per heavy atom. The molecule has 0 spiro atoms. The van der Waals surface area contributed by atoms with Crippen molar-refractivity contribution in [1.29, 1.82) is 0 Å². The number of anilines is 1. The third kappa shape index (κ3) is 2.85. The normalized spacial score (nSPS) is 11.9. The number of carboxylic acids is 1. The minimum atomic E-state index is -1.11. The van der Waals surface area contributed by atoms with Gasteiger partial charge in [0.15, 0.2) is 0 Å². The van der Waals surface area contributed by atoms with Crippen LogP contribution in [-0.2, 0) is 4.79 Å². The summed E-state index contributed by atoms with van der Waals surface area (Å²) in [5, 5.41) is 20.2. The lowest BCUT2D eigenvalue weighted by atomic mass is 10.2. The van der Waals surface area contributed by atoms with Crippen molar-refractivity contribution in [2.24, 2.45) is 0 Å². The van der Waals surface area contributed by atoms with Crippen molar-refractivity contribution in [2.75, 3.05) is 19.0 Å². The zero-order valence-corrected chi connectivity index (χ0v) is 8.30. The molecule has 0 unspecified atom stereocenters. The lowest BCUT2D eigenvalue weighted by Crippen LogP contribution is -2.32. The summed E-state index contributed by atoms with van der Waals surface area (Å²) < 4.78 is 5.03. The Morgan fingerprint density at radius 2 is 2.20 bits per heavy atom. The van der Waals surface area contributed by atoms with Crippen molar-refractivity contribution in [3.05, 3.63) is 24.3 Å². The average molecular weight is 211 g/mol. The zero-order valence-electron chi connectivity index (χ0n) is 8.30. The van der Waals surface area contributed by atoms with E-state index < -0.39 is 18.6 Å². The van der Waals surface area contributed by atoms with E-state index in [0.29, 0.717) is 11.4 Å². The van der Waals surface area contributed by atoms with Gasteiger partial charge in [0.2, 0.25) is 0 Å². The Labute approximate surface area is 87.3 Å². The Kier molecular flexibility index (Phi) is 3.93. The highest BCUT2D eigenvalue weighted by atomic mass is 16.5. The molecule has 5 heteroatoms. The maximum atomic E-state index is 10.7. The molecule has 0 amide bonds. The molecule has 1 rings (SSSR count). The molecule has 0 bridgehead atoms. The van der Waals surface area contributed by atoms with Crippen LogP contribution in [0.2, 0.25) is 0 Å². The standard InChI is InChI=1S/C10H13NO4/c1-15-9-5-3-2-4-7(9)11-8(6-12)10(13)14/h2-5,8,11-12H,6H2,1H3,(H,13,14)/t8-/m0/s1. The van der Waals surface area contributed by atoms with E-state index in [1.54, 1.807) is 24.3 Å². The molecule has 0 aliphatic carbocycles. The van der Waals surface area contributed by atoms with E-state index >= 15 is 0 Å². The minimum absolute atomic E-state index is 0.479. The second-order valence-corrected chi connectivity index (χ2v) is 2.92. The first-order valence-corrected chi connectivity index (χ1v) is 4.42. The van der Waals surface area contributed by atoms with Gasteiger partial charge < -0.3 is 20.3 Å². The lowest BCUT2D eigenvalue weighted by molar-refractivity contribution is -0.138. The number of hydrogen-bond donors (Lipinski definition) is 3. The van der Waals surface area contributed by atoms with Crippen molar-refractivity contribution in [2.45, 2.75) is 6.04 Å². The lowest BCUT2D eigenvalue weighted by Gasteiger charge is -2.15. The predicted molar refractivity (Wildman–Crippen MR) is 55.1 cm³/mol. The average Bonchev–Trinajstić information content (AvgIpc) is 2.25. The van der Waals surface area contributed by atoms with Gasteiger partial charge in [-0.25, -0.2) is 4.79 Å². The number of rotatable bonds is 5. The molecule has 1 aromatic rings. The Bertz CT molecular complexity index is 340. The summed E-state index contributed by atoms with van der Waals surface area (Å²) in [7, 11) is 1.50. The van der Waals surface area contributed by atoms with E-state index in [2.05, 4.69) is 5.32 Å². The van der Waals surface area contributed by atoms with Gasteiger partial charge in [0, 0.05) is 0 Å². The fourth-order valence-electron chi connectivity index (χ4n) is 1.14. The summed E-state index contributed by atoms with van der Waals surface area (Å²) in [5.41, 5.74) is 0.543. The number of aliphatic carboxylic acids is 1. The number of ether oxygens (including phenoxy) is 1. The van der Waals surface area contributed by atoms with E-state index in [1.165, 1.54) is 7.11 Å². The van der Waals surface area contributed by atoms with Crippen LogP contribution in [0.5, 0.6) is 5.75 Å². The van der Waals surface area contributed by atoms with Crippen molar-refractivity contribution < 1.29 is 19.7 Å². The van der Waals surface area contributed by atoms with Gasteiger partial charge in [-0.3, -0.25) is 0 Å². The molecule has 1 atom stereocenters. The number of benzene rings is 1. The largest absolute Gasteiger partial charge is 0.495 e. The van der Waals surface area contributed by atoms with Gasteiger partial charge in [-0.15, -0.1) is 0 Å². The highest BCUT2D eigenvalue weighted by molar-refractivity contribution is 5.78. The van der Waals surface area contributed by atoms with Crippen LogP contribution < -0.4 is 10.1 Å². The smallest absolute Gasteiger partial charge is 0.328 e. The Morgan fingerprint density at radius 1 is 1.53 bits per heavy atom. The third-order valence-corrected chi connectivity index (χ3v) is 1.92. The van der Waals surface area contributed by atoms with Crippen molar-refractivity contribution in [1.82, 2.24) is 0 Å². The van der Waals surface area contributed by atoms with Crippen LogP contribution in [0, 0.1) is 0 Å². The first kappa shape index (κ1) is 11.3. The molecule has 0 aliphatic rings. The number of nitrogens with one attached hydrogen (secondary N) is 1. The first-order chi connectivity index (χ1) is 7.19. The fourth-order valence-corrected chi connectivity index (χ4v) is 1.14. The van der Waals surface area contributed by atoms with Crippen LogP contribution in [0.15, 0.2) is 24.3 Å². The van der Waals surface area contributed by atoms with Crippen LogP contribution in [0.1, 0.15) is 0 Å².